The van der Waals surface area contributed by atoms with Crippen LogP contribution in [-0.2, 0) is 16.0 Å². The van der Waals surface area contributed by atoms with Gasteiger partial charge in [-0.3, -0.25) is 9.69 Å². The van der Waals surface area contributed by atoms with Crippen LogP contribution in [0.4, 0.5) is 4.79 Å². The molecule has 1 aliphatic carbocycles. The summed E-state index contributed by atoms with van der Waals surface area (Å²) in [5.74, 6) is 0.0928. The van der Waals surface area contributed by atoms with Crippen molar-refractivity contribution in [3.63, 3.8) is 0 Å². The van der Waals surface area contributed by atoms with Crippen molar-refractivity contribution in [3.05, 3.63) is 66.5 Å². The van der Waals surface area contributed by atoms with Gasteiger partial charge in [0.2, 0.25) is 5.91 Å². The van der Waals surface area contributed by atoms with Crippen molar-refractivity contribution >= 4 is 22.9 Å². The lowest BCUT2D eigenvalue weighted by molar-refractivity contribution is -0.127. The number of amides is 2. The Bertz CT molecular complexity index is 1640. The Labute approximate surface area is 244 Å². The first-order valence-corrected chi connectivity index (χ1v) is 14.5. The molecule has 1 saturated heterocycles. The van der Waals surface area contributed by atoms with E-state index in [9.17, 15) is 14.9 Å². The maximum atomic E-state index is 13.5. The number of carbonyl (C=O) groups excluding carboxylic acids is 2. The molecule has 0 radical (unpaired) electrons. The fourth-order valence-corrected chi connectivity index (χ4v) is 6.29. The molecule has 3 heterocycles. The van der Waals surface area contributed by atoms with Crippen molar-refractivity contribution in [3.8, 4) is 23.0 Å². The highest BCUT2D eigenvalue weighted by Crippen LogP contribution is 2.42. The van der Waals surface area contributed by atoms with Crippen LogP contribution in [-0.4, -0.2) is 61.1 Å². The summed E-state index contributed by atoms with van der Waals surface area (Å²) in [6.07, 6.45) is 6.60. The molecule has 4 aromatic rings. The molecule has 1 unspecified atom stereocenters. The summed E-state index contributed by atoms with van der Waals surface area (Å²) in [7, 11) is 0. The maximum Gasteiger partial charge on any atom is 0.410 e. The number of ether oxygens (including phenoxy) is 1. The van der Waals surface area contributed by atoms with Gasteiger partial charge in [0, 0.05) is 35.6 Å². The Balaban J connectivity index is 1.11. The number of nitriles is 1. The number of benzene rings is 2. The summed E-state index contributed by atoms with van der Waals surface area (Å²) in [5.41, 5.74) is 3.91. The number of aromatic amines is 1. The zero-order valence-electron chi connectivity index (χ0n) is 24.1. The minimum atomic E-state index is -0.731. The molecular weight excluding hydrogens is 530 g/mol. The van der Waals surface area contributed by atoms with Crippen molar-refractivity contribution in [2.75, 3.05) is 6.54 Å². The molecule has 1 saturated carbocycles. The highest BCUT2D eigenvalue weighted by atomic mass is 16.6. The number of likely N-dealkylation sites (tertiary alicyclic amines) is 1. The first-order valence-electron chi connectivity index (χ1n) is 14.5. The van der Waals surface area contributed by atoms with E-state index >= 15 is 0 Å². The summed E-state index contributed by atoms with van der Waals surface area (Å²) >= 11 is 0. The number of aromatic nitrogens is 4. The zero-order valence-corrected chi connectivity index (χ0v) is 24.1. The smallest absolute Gasteiger partial charge is 0.410 e. The van der Waals surface area contributed by atoms with E-state index in [1.807, 2.05) is 75.6 Å². The van der Waals surface area contributed by atoms with Gasteiger partial charge in [0.1, 0.15) is 23.4 Å². The molecule has 6 rings (SSSR count). The van der Waals surface area contributed by atoms with E-state index in [0.717, 1.165) is 52.7 Å². The molecule has 10 heteroatoms. The van der Waals surface area contributed by atoms with E-state index < -0.39 is 23.8 Å². The molecule has 1 aliphatic heterocycles. The molecule has 2 aliphatic rings. The van der Waals surface area contributed by atoms with Crippen LogP contribution in [0.2, 0.25) is 0 Å². The molecule has 0 spiro atoms. The van der Waals surface area contributed by atoms with E-state index in [0.29, 0.717) is 13.0 Å². The number of H-pyrrole nitrogens is 1. The van der Waals surface area contributed by atoms with Gasteiger partial charge in [-0.15, -0.1) is 5.10 Å². The van der Waals surface area contributed by atoms with E-state index in [-0.39, 0.29) is 17.7 Å². The molecule has 10 nitrogen and oxygen atoms in total. The molecule has 216 valence electrons. The van der Waals surface area contributed by atoms with Gasteiger partial charge >= 0.3 is 6.09 Å². The third-order valence-corrected chi connectivity index (χ3v) is 8.24. The fourth-order valence-electron chi connectivity index (χ4n) is 6.29. The lowest BCUT2D eigenvalue weighted by atomic mass is 9.93. The third-order valence-electron chi connectivity index (χ3n) is 8.24. The van der Waals surface area contributed by atoms with Crippen LogP contribution in [0.15, 0.2) is 60.9 Å². The van der Waals surface area contributed by atoms with Gasteiger partial charge in [0.25, 0.3) is 0 Å². The number of fused-ring (bicyclic) bond motifs is 2. The Hall–Kier alpha value is -4.65. The van der Waals surface area contributed by atoms with Crippen molar-refractivity contribution in [2.45, 2.75) is 64.1 Å². The minimum absolute atomic E-state index is 0.0913. The number of nitrogens with one attached hydrogen (secondary N) is 2. The first-order chi connectivity index (χ1) is 20.2. The van der Waals surface area contributed by atoms with Gasteiger partial charge in [-0.05, 0) is 81.3 Å². The van der Waals surface area contributed by atoms with Gasteiger partial charge in [-0.1, -0.05) is 29.8 Å². The summed E-state index contributed by atoms with van der Waals surface area (Å²) < 4.78 is 7.33. The van der Waals surface area contributed by atoms with Crippen LogP contribution >= 0.6 is 0 Å². The Kier molecular flexibility index (Phi) is 7.19. The Morgan fingerprint density at radius 2 is 1.98 bits per heavy atom. The Morgan fingerprint density at radius 1 is 1.17 bits per heavy atom. The standard InChI is InChI=1S/C32H35N7O3/c1-32(2,3)42-31(41)38-18-23-5-4-6-26(23)29(38)30(40)35-24(17-33)15-20-7-10-25(11-8-20)39-19-28(36-37-39)21-9-12-27-22(16-21)13-14-34-27/h7-14,16,19,23-24,26,29,34H,4-6,15,18H2,1-3H3,(H,35,40)/t23?,24-,26-,29-/m0/s1. The SMILES string of the molecule is CC(C)(C)OC(=O)N1CC2CCC[C@@H]2[C@H]1C(=O)N[C@H](C#N)Cc1ccc(-n2cc(-c3ccc4[nH]ccc4c3)nn2)cc1. The van der Waals surface area contributed by atoms with Gasteiger partial charge in [0.15, 0.2) is 0 Å². The highest BCUT2D eigenvalue weighted by molar-refractivity contribution is 5.87. The molecular formula is C32H35N7O3. The second-order valence-corrected chi connectivity index (χ2v) is 12.3. The second-order valence-electron chi connectivity index (χ2n) is 12.3. The average Bonchev–Trinajstić information content (AvgIpc) is 3.75. The summed E-state index contributed by atoms with van der Waals surface area (Å²) in [6, 6.07) is 16.7. The van der Waals surface area contributed by atoms with Gasteiger partial charge in [-0.2, -0.15) is 5.26 Å². The predicted molar refractivity (Wildman–Crippen MR) is 157 cm³/mol. The largest absolute Gasteiger partial charge is 0.444 e. The van der Waals surface area contributed by atoms with Crippen LogP contribution in [0.5, 0.6) is 0 Å². The Morgan fingerprint density at radius 3 is 2.74 bits per heavy atom. The molecule has 2 aromatic heterocycles. The van der Waals surface area contributed by atoms with Crippen molar-refractivity contribution in [1.82, 2.24) is 30.2 Å². The predicted octanol–water partition coefficient (Wildman–Crippen LogP) is 5.00. The van der Waals surface area contributed by atoms with E-state index in [1.54, 1.807) is 9.58 Å². The fraction of sp³-hybridized carbons (Fsp3) is 0.406. The number of nitrogens with zero attached hydrogens (tertiary/aromatic N) is 5. The number of hydrogen-bond donors (Lipinski definition) is 2. The average molecular weight is 566 g/mol. The molecule has 2 aromatic carbocycles. The second kappa shape index (κ2) is 11.0. The van der Waals surface area contributed by atoms with Gasteiger partial charge in [-0.25, -0.2) is 9.48 Å². The lowest BCUT2D eigenvalue weighted by Crippen LogP contribution is -2.52. The van der Waals surface area contributed by atoms with E-state index in [4.69, 9.17) is 4.74 Å². The minimum Gasteiger partial charge on any atom is -0.444 e. The highest BCUT2D eigenvalue weighted by Gasteiger charge is 2.50. The maximum absolute atomic E-state index is 13.5. The van der Waals surface area contributed by atoms with E-state index in [2.05, 4.69) is 32.7 Å². The van der Waals surface area contributed by atoms with E-state index in [1.165, 1.54) is 0 Å². The van der Waals surface area contributed by atoms with Crippen molar-refractivity contribution in [1.29, 1.82) is 5.26 Å². The summed E-state index contributed by atoms with van der Waals surface area (Å²) in [4.78, 5) is 31.2. The molecule has 0 bridgehead atoms. The van der Waals surface area contributed by atoms with Crippen LogP contribution in [0.1, 0.15) is 45.6 Å². The number of carbonyl (C=O) groups is 2. The number of rotatable bonds is 6. The molecule has 4 atom stereocenters. The lowest BCUT2D eigenvalue weighted by Gasteiger charge is -2.30. The molecule has 2 fully saturated rings. The van der Waals surface area contributed by atoms with Crippen molar-refractivity contribution < 1.29 is 14.3 Å². The molecule has 2 N–H and O–H groups in total. The quantitative estimate of drug-likeness (QED) is 0.338. The van der Waals surface area contributed by atoms with Gasteiger partial charge in [0.05, 0.1) is 18.0 Å². The first kappa shape index (κ1) is 27.5. The van der Waals surface area contributed by atoms with Crippen LogP contribution < -0.4 is 5.32 Å². The van der Waals surface area contributed by atoms with Crippen LogP contribution in [0.3, 0.4) is 0 Å². The molecule has 2 amide bonds. The number of hydrogen-bond acceptors (Lipinski definition) is 6. The third kappa shape index (κ3) is 5.59. The summed E-state index contributed by atoms with van der Waals surface area (Å²) in [6.45, 7) is 5.97. The van der Waals surface area contributed by atoms with Gasteiger partial charge < -0.3 is 15.0 Å². The van der Waals surface area contributed by atoms with Crippen LogP contribution in [0.25, 0.3) is 27.8 Å². The zero-order chi connectivity index (χ0) is 29.4. The topological polar surface area (TPSA) is 129 Å². The normalized spacial score (nSPS) is 20.7. The molecule has 42 heavy (non-hydrogen) atoms. The van der Waals surface area contributed by atoms with Crippen LogP contribution in [0, 0.1) is 23.2 Å². The summed E-state index contributed by atoms with van der Waals surface area (Å²) in [5, 5.41) is 22.6. The van der Waals surface area contributed by atoms with Crippen molar-refractivity contribution in [2.24, 2.45) is 11.8 Å². The monoisotopic (exact) mass is 565 g/mol.